The zero-order valence-electron chi connectivity index (χ0n) is 6.86. The van der Waals surface area contributed by atoms with Crippen molar-refractivity contribution in [2.24, 2.45) is 0 Å². The number of aromatic amines is 1. The number of rotatable bonds is 1. The van der Waals surface area contributed by atoms with Crippen LogP contribution in [0.15, 0.2) is 12.1 Å². The van der Waals surface area contributed by atoms with E-state index in [4.69, 9.17) is 11.6 Å². The van der Waals surface area contributed by atoms with Crippen LogP contribution in [0.5, 0.6) is 0 Å². The summed E-state index contributed by atoms with van der Waals surface area (Å²) in [5.41, 5.74) is 0.631. The second-order valence-electron chi connectivity index (χ2n) is 2.63. The molecule has 0 unspecified atom stereocenters. The Balaban J connectivity index is 2.77. The second kappa shape index (κ2) is 2.88. The van der Waals surface area contributed by atoms with Crippen molar-refractivity contribution in [3.63, 3.8) is 0 Å². The van der Waals surface area contributed by atoms with Crippen molar-refractivity contribution in [3.05, 3.63) is 23.0 Å². The van der Waals surface area contributed by atoms with Crippen molar-refractivity contribution < 1.29 is 4.39 Å². The van der Waals surface area contributed by atoms with Gasteiger partial charge in [0, 0.05) is 18.5 Å². The zero-order valence-corrected chi connectivity index (χ0v) is 7.61. The summed E-state index contributed by atoms with van der Waals surface area (Å²) in [6, 6.07) is 2.87. The Bertz CT molecular complexity index is 452. The number of aromatic nitrogens is 2. The standard InChI is InChI=1S/C8H7ClFN3/c1-11-8-4-2-5(9)6(10)3-7(4)12-13-8/h2-3H,1H3,(H2,11,12,13). The van der Waals surface area contributed by atoms with Gasteiger partial charge in [-0.15, -0.1) is 0 Å². The third kappa shape index (κ3) is 1.23. The number of anilines is 1. The quantitative estimate of drug-likeness (QED) is 0.741. The van der Waals surface area contributed by atoms with Crippen LogP contribution < -0.4 is 5.32 Å². The summed E-state index contributed by atoms with van der Waals surface area (Å²) in [6.45, 7) is 0. The fourth-order valence-electron chi connectivity index (χ4n) is 1.20. The Morgan fingerprint density at radius 2 is 2.31 bits per heavy atom. The molecule has 68 valence electrons. The molecule has 2 rings (SSSR count). The second-order valence-corrected chi connectivity index (χ2v) is 3.04. The summed E-state index contributed by atoms with van der Waals surface area (Å²) < 4.78 is 13.0. The first-order chi connectivity index (χ1) is 6.22. The van der Waals surface area contributed by atoms with Gasteiger partial charge in [-0.3, -0.25) is 5.10 Å². The summed E-state index contributed by atoms with van der Waals surface area (Å²) >= 11 is 5.63. The van der Waals surface area contributed by atoms with E-state index < -0.39 is 5.82 Å². The van der Waals surface area contributed by atoms with E-state index in [1.165, 1.54) is 6.07 Å². The third-order valence-electron chi connectivity index (χ3n) is 1.84. The largest absolute Gasteiger partial charge is 0.371 e. The summed E-state index contributed by atoms with van der Waals surface area (Å²) in [7, 11) is 1.74. The molecule has 0 spiro atoms. The van der Waals surface area contributed by atoms with Gasteiger partial charge in [0.25, 0.3) is 0 Å². The third-order valence-corrected chi connectivity index (χ3v) is 2.13. The van der Waals surface area contributed by atoms with Gasteiger partial charge < -0.3 is 5.32 Å². The molecule has 0 fully saturated rings. The minimum absolute atomic E-state index is 0.102. The van der Waals surface area contributed by atoms with Crippen LogP contribution in [0.1, 0.15) is 0 Å². The fourth-order valence-corrected chi connectivity index (χ4v) is 1.37. The summed E-state index contributed by atoms with van der Waals surface area (Å²) in [4.78, 5) is 0. The van der Waals surface area contributed by atoms with Gasteiger partial charge in [0.15, 0.2) is 5.82 Å². The van der Waals surface area contributed by atoms with Crippen LogP contribution in [-0.4, -0.2) is 17.2 Å². The van der Waals surface area contributed by atoms with Crippen LogP contribution in [0.4, 0.5) is 10.2 Å². The number of fused-ring (bicyclic) bond motifs is 1. The Labute approximate surface area is 78.9 Å². The molecular formula is C8H7ClFN3. The predicted octanol–water partition coefficient (Wildman–Crippen LogP) is 2.40. The molecule has 0 aliphatic carbocycles. The number of hydrogen-bond acceptors (Lipinski definition) is 2. The van der Waals surface area contributed by atoms with E-state index in [2.05, 4.69) is 15.5 Å². The average molecular weight is 200 g/mol. The predicted molar refractivity (Wildman–Crippen MR) is 50.6 cm³/mol. The highest BCUT2D eigenvalue weighted by atomic mass is 35.5. The molecule has 0 aliphatic rings. The number of hydrogen-bond donors (Lipinski definition) is 2. The van der Waals surface area contributed by atoms with E-state index in [1.54, 1.807) is 13.1 Å². The Hall–Kier alpha value is -1.29. The van der Waals surface area contributed by atoms with Gasteiger partial charge in [-0.1, -0.05) is 11.6 Å². The zero-order chi connectivity index (χ0) is 9.42. The van der Waals surface area contributed by atoms with Gasteiger partial charge in [-0.2, -0.15) is 5.10 Å². The molecule has 0 aliphatic heterocycles. The molecule has 0 amide bonds. The number of halogens is 2. The molecular weight excluding hydrogens is 193 g/mol. The van der Waals surface area contributed by atoms with Gasteiger partial charge >= 0.3 is 0 Å². The lowest BCUT2D eigenvalue weighted by molar-refractivity contribution is 0.630. The van der Waals surface area contributed by atoms with Crippen molar-refractivity contribution >= 4 is 28.3 Å². The van der Waals surface area contributed by atoms with Crippen LogP contribution in [0.2, 0.25) is 5.02 Å². The van der Waals surface area contributed by atoms with Gasteiger partial charge in [0.2, 0.25) is 0 Å². The molecule has 2 N–H and O–H groups in total. The number of nitrogens with one attached hydrogen (secondary N) is 2. The molecule has 5 heteroatoms. The van der Waals surface area contributed by atoms with Crippen LogP contribution in [-0.2, 0) is 0 Å². The van der Waals surface area contributed by atoms with Crippen molar-refractivity contribution in [2.45, 2.75) is 0 Å². The van der Waals surface area contributed by atoms with Crippen LogP contribution in [0, 0.1) is 5.82 Å². The molecule has 2 aromatic rings. The number of nitrogens with zero attached hydrogens (tertiary/aromatic N) is 1. The first-order valence-corrected chi connectivity index (χ1v) is 4.11. The van der Waals surface area contributed by atoms with Gasteiger partial charge in [-0.05, 0) is 6.07 Å². The van der Waals surface area contributed by atoms with Gasteiger partial charge in [0.1, 0.15) is 5.82 Å². The molecule has 1 aromatic carbocycles. The van der Waals surface area contributed by atoms with E-state index >= 15 is 0 Å². The summed E-state index contributed by atoms with van der Waals surface area (Å²) in [5, 5.41) is 10.4. The molecule has 3 nitrogen and oxygen atoms in total. The average Bonchev–Trinajstić information content (AvgIpc) is 2.48. The maximum Gasteiger partial charge on any atom is 0.155 e. The van der Waals surface area contributed by atoms with Gasteiger partial charge in [-0.25, -0.2) is 4.39 Å². The number of H-pyrrole nitrogens is 1. The van der Waals surface area contributed by atoms with Crippen molar-refractivity contribution in [1.82, 2.24) is 10.2 Å². The van der Waals surface area contributed by atoms with Crippen LogP contribution >= 0.6 is 11.6 Å². The topological polar surface area (TPSA) is 40.7 Å². The fraction of sp³-hybridized carbons (Fsp3) is 0.125. The molecule has 13 heavy (non-hydrogen) atoms. The molecule has 0 bridgehead atoms. The molecule has 0 radical (unpaired) electrons. The normalized spacial score (nSPS) is 10.7. The molecule has 1 aromatic heterocycles. The number of benzene rings is 1. The van der Waals surface area contributed by atoms with E-state index in [0.717, 1.165) is 5.39 Å². The lowest BCUT2D eigenvalue weighted by Crippen LogP contribution is -1.87. The van der Waals surface area contributed by atoms with Crippen LogP contribution in [0.3, 0.4) is 0 Å². The Morgan fingerprint density at radius 3 is 3.00 bits per heavy atom. The Kier molecular flexibility index (Phi) is 1.84. The van der Waals surface area contributed by atoms with Gasteiger partial charge in [0.05, 0.1) is 10.5 Å². The van der Waals surface area contributed by atoms with Crippen molar-refractivity contribution in [3.8, 4) is 0 Å². The SMILES string of the molecule is CNc1n[nH]c2cc(F)c(Cl)cc12. The summed E-state index contributed by atoms with van der Waals surface area (Å²) in [6.07, 6.45) is 0. The smallest absolute Gasteiger partial charge is 0.155 e. The molecule has 1 heterocycles. The van der Waals surface area contributed by atoms with Crippen molar-refractivity contribution in [2.75, 3.05) is 12.4 Å². The maximum atomic E-state index is 13.0. The minimum Gasteiger partial charge on any atom is -0.371 e. The molecule has 0 atom stereocenters. The van der Waals surface area contributed by atoms with E-state index in [0.29, 0.717) is 11.3 Å². The van der Waals surface area contributed by atoms with E-state index in [1.807, 2.05) is 0 Å². The minimum atomic E-state index is -0.444. The van der Waals surface area contributed by atoms with E-state index in [9.17, 15) is 4.39 Å². The highest BCUT2D eigenvalue weighted by molar-refractivity contribution is 6.31. The van der Waals surface area contributed by atoms with Crippen LogP contribution in [0.25, 0.3) is 10.9 Å². The molecule has 0 saturated heterocycles. The first-order valence-electron chi connectivity index (χ1n) is 3.73. The highest BCUT2D eigenvalue weighted by Crippen LogP contribution is 2.25. The highest BCUT2D eigenvalue weighted by Gasteiger charge is 2.07. The Morgan fingerprint density at radius 1 is 1.54 bits per heavy atom. The maximum absolute atomic E-state index is 13.0. The molecule has 0 saturated carbocycles. The van der Waals surface area contributed by atoms with E-state index in [-0.39, 0.29) is 5.02 Å². The first kappa shape index (κ1) is 8.31. The lowest BCUT2D eigenvalue weighted by Gasteiger charge is -1.96. The summed E-state index contributed by atoms with van der Waals surface area (Å²) in [5.74, 6) is 0.220. The lowest BCUT2D eigenvalue weighted by atomic mass is 10.2. The van der Waals surface area contributed by atoms with Crippen molar-refractivity contribution in [1.29, 1.82) is 0 Å². The monoisotopic (exact) mass is 199 g/mol.